The molecule has 3 heterocycles. The minimum absolute atomic E-state index is 0.0225. The number of amides is 2. The molecule has 0 saturated carbocycles. The molecule has 0 radical (unpaired) electrons. The van der Waals surface area contributed by atoms with Crippen LogP contribution in [0.25, 0.3) is 5.65 Å². The fourth-order valence-electron chi connectivity index (χ4n) is 4.11. The molecule has 3 aromatic heterocycles. The molecule has 3 N–H and O–H groups in total. The largest absolute Gasteiger partial charge is 0.365 e. The van der Waals surface area contributed by atoms with Crippen LogP contribution in [-0.2, 0) is 24.1 Å². The molecule has 0 spiro atoms. The van der Waals surface area contributed by atoms with Crippen LogP contribution in [-0.4, -0.2) is 21.2 Å². The first kappa shape index (κ1) is 20.5. The van der Waals surface area contributed by atoms with E-state index in [4.69, 9.17) is 5.73 Å². The highest BCUT2D eigenvalue weighted by atomic mass is 32.1. The maximum absolute atomic E-state index is 13.4. The van der Waals surface area contributed by atoms with Gasteiger partial charge in [-0.2, -0.15) is 0 Å². The number of nitrogens with one attached hydrogen (secondary N) is 1. The normalized spacial score (nSPS) is 16.5. The van der Waals surface area contributed by atoms with E-state index in [0.29, 0.717) is 27.8 Å². The van der Waals surface area contributed by atoms with Crippen LogP contribution in [0.3, 0.4) is 0 Å². The first-order valence-corrected chi connectivity index (χ1v) is 10.8. The van der Waals surface area contributed by atoms with Crippen LogP contribution in [0.4, 0.5) is 9.39 Å². The van der Waals surface area contributed by atoms with Gasteiger partial charge in [-0.25, -0.2) is 9.37 Å². The van der Waals surface area contributed by atoms with Gasteiger partial charge in [0.15, 0.2) is 0 Å². The third-order valence-electron chi connectivity index (χ3n) is 5.80. The number of hydrogen-bond donors (Lipinski definition) is 2. The fourth-order valence-corrected chi connectivity index (χ4v) is 5.46. The van der Waals surface area contributed by atoms with Gasteiger partial charge >= 0.3 is 0 Å². The van der Waals surface area contributed by atoms with Gasteiger partial charge in [-0.1, -0.05) is 20.8 Å². The third kappa shape index (κ3) is 3.96. The van der Waals surface area contributed by atoms with Crippen LogP contribution < -0.4 is 11.1 Å². The molecule has 0 aromatic carbocycles. The number of carbonyl (C=O) groups is 2. The Labute approximate surface area is 178 Å². The molecular formula is C22H25FN4O2S. The number of fused-ring (bicyclic) bond motifs is 2. The van der Waals surface area contributed by atoms with Crippen molar-refractivity contribution < 1.29 is 14.0 Å². The standard InChI is InChI=1S/C22H25FN4O2S/c1-22(2,3)12-4-6-15-16(8-12)30-21(19(15)20(24)29)26-18(28)9-14-11-27-10-13(23)5-7-17(27)25-14/h5,7,10-12H,4,6,8-9H2,1-3H3,(H2,24,29)(H,26,28). The number of nitrogens with zero attached hydrogens (tertiary/aromatic N) is 2. The van der Waals surface area contributed by atoms with Crippen LogP contribution in [0.2, 0.25) is 0 Å². The summed E-state index contributed by atoms with van der Waals surface area (Å²) >= 11 is 1.45. The van der Waals surface area contributed by atoms with E-state index < -0.39 is 5.91 Å². The molecule has 0 bridgehead atoms. The lowest BCUT2D eigenvalue weighted by atomic mass is 9.72. The van der Waals surface area contributed by atoms with E-state index in [1.54, 1.807) is 16.7 Å². The summed E-state index contributed by atoms with van der Waals surface area (Å²) < 4.78 is 14.9. The van der Waals surface area contributed by atoms with Crippen molar-refractivity contribution in [2.75, 3.05) is 5.32 Å². The first-order valence-electron chi connectivity index (χ1n) is 9.99. The number of primary amides is 1. The Morgan fingerprint density at radius 3 is 2.80 bits per heavy atom. The second-order valence-corrected chi connectivity index (χ2v) is 10.1. The zero-order valence-corrected chi connectivity index (χ0v) is 18.1. The number of halogens is 1. The number of carbonyl (C=O) groups excluding carboxylic acids is 2. The van der Waals surface area contributed by atoms with E-state index in [1.165, 1.54) is 23.6 Å². The molecule has 6 nitrogen and oxygen atoms in total. The summed E-state index contributed by atoms with van der Waals surface area (Å²) in [6.07, 6.45) is 5.64. The Balaban J connectivity index is 1.55. The fraction of sp³-hybridized carbons (Fsp3) is 0.409. The summed E-state index contributed by atoms with van der Waals surface area (Å²) in [5.74, 6) is -0.654. The van der Waals surface area contributed by atoms with Gasteiger partial charge in [0, 0.05) is 17.3 Å². The van der Waals surface area contributed by atoms with Gasteiger partial charge in [0.1, 0.15) is 16.5 Å². The van der Waals surface area contributed by atoms with Crippen molar-refractivity contribution in [1.29, 1.82) is 0 Å². The summed E-state index contributed by atoms with van der Waals surface area (Å²) in [5.41, 5.74) is 8.35. The highest BCUT2D eigenvalue weighted by Crippen LogP contribution is 2.44. The second kappa shape index (κ2) is 7.50. The number of hydrogen-bond acceptors (Lipinski definition) is 4. The molecule has 0 fully saturated rings. The Bertz CT molecular complexity index is 1140. The minimum Gasteiger partial charge on any atom is -0.365 e. The van der Waals surface area contributed by atoms with Crippen LogP contribution in [0.15, 0.2) is 24.5 Å². The molecule has 4 rings (SSSR count). The Hall–Kier alpha value is -2.74. The highest BCUT2D eigenvalue weighted by Gasteiger charge is 2.33. The lowest BCUT2D eigenvalue weighted by molar-refractivity contribution is -0.115. The number of anilines is 1. The minimum atomic E-state index is -0.514. The lowest BCUT2D eigenvalue weighted by Gasteiger charge is -2.33. The summed E-state index contributed by atoms with van der Waals surface area (Å²) in [6, 6.07) is 2.88. The SMILES string of the molecule is CC(C)(C)C1CCc2c(sc(NC(=O)Cc3cn4cc(F)ccc4n3)c2C(N)=O)C1. The molecule has 1 aliphatic rings. The Morgan fingerprint density at radius 1 is 1.33 bits per heavy atom. The molecule has 3 aromatic rings. The molecule has 1 unspecified atom stereocenters. The van der Waals surface area contributed by atoms with Crippen LogP contribution in [0, 0.1) is 17.2 Å². The number of pyridine rings is 1. The molecular weight excluding hydrogens is 403 g/mol. The van der Waals surface area contributed by atoms with E-state index in [9.17, 15) is 14.0 Å². The van der Waals surface area contributed by atoms with Gasteiger partial charge in [0.05, 0.1) is 17.7 Å². The smallest absolute Gasteiger partial charge is 0.251 e. The van der Waals surface area contributed by atoms with Crippen LogP contribution in [0.5, 0.6) is 0 Å². The van der Waals surface area contributed by atoms with Crippen molar-refractivity contribution in [1.82, 2.24) is 9.38 Å². The quantitative estimate of drug-likeness (QED) is 0.659. The number of aromatic nitrogens is 2. The van der Waals surface area contributed by atoms with Crippen molar-refractivity contribution in [3.05, 3.63) is 52.0 Å². The maximum Gasteiger partial charge on any atom is 0.251 e. The van der Waals surface area contributed by atoms with Crippen LogP contribution >= 0.6 is 11.3 Å². The van der Waals surface area contributed by atoms with Crippen molar-refractivity contribution in [3.63, 3.8) is 0 Å². The average Bonchev–Trinajstić information content (AvgIpc) is 3.19. The second-order valence-electron chi connectivity index (χ2n) is 8.95. The van der Waals surface area contributed by atoms with E-state index in [1.807, 2.05) is 0 Å². The number of thiophene rings is 1. The molecule has 8 heteroatoms. The molecule has 1 atom stereocenters. The molecule has 158 valence electrons. The van der Waals surface area contributed by atoms with Crippen LogP contribution in [0.1, 0.15) is 53.7 Å². The van der Waals surface area contributed by atoms with Gasteiger partial charge < -0.3 is 15.5 Å². The topological polar surface area (TPSA) is 89.5 Å². The predicted molar refractivity (Wildman–Crippen MR) is 115 cm³/mol. The molecule has 2 amide bonds. The van der Waals surface area contributed by atoms with Crippen molar-refractivity contribution in [2.45, 2.75) is 46.5 Å². The van der Waals surface area contributed by atoms with Gasteiger partial charge in [-0.05, 0) is 48.3 Å². The molecule has 0 aliphatic heterocycles. The number of imidazole rings is 1. The van der Waals surface area contributed by atoms with Gasteiger partial charge in [0.2, 0.25) is 5.91 Å². The van der Waals surface area contributed by atoms with Gasteiger partial charge in [-0.15, -0.1) is 11.3 Å². The predicted octanol–water partition coefficient (Wildman–Crippen LogP) is 3.97. The Morgan fingerprint density at radius 2 is 2.10 bits per heavy atom. The Kier molecular flexibility index (Phi) is 5.13. The number of nitrogens with two attached hydrogens (primary N) is 1. The lowest BCUT2D eigenvalue weighted by Crippen LogP contribution is -2.27. The molecule has 30 heavy (non-hydrogen) atoms. The van der Waals surface area contributed by atoms with E-state index in [2.05, 4.69) is 31.1 Å². The average molecular weight is 429 g/mol. The van der Waals surface area contributed by atoms with E-state index in [0.717, 1.165) is 29.7 Å². The zero-order valence-electron chi connectivity index (χ0n) is 17.3. The maximum atomic E-state index is 13.4. The highest BCUT2D eigenvalue weighted by molar-refractivity contribution is 7.17. The van der Waals surface area contributed by atoms with Crippen molar-refractivity contribution in [3.8, 4) is 0 Å². The van der Waals surface area contributed by atoms with E-state index >= 15 is 0 Å². The van der Waals surface area contributed by atoms with Gasteiger partial charge in [0.25, 0.3) is 5.91 Å². The zero-order chi connectivity index (χ0) is 21.6. The first-order chi connectivity index (χ1) is 14.1. The van der Waals surface area contributed by atoms with E-state index in [-0.39, 0.29) is 23.6 Å². The summed E-state index contributed by atoms with van der Waals surface area (Å²) in [4.78, 5) is 30.3. The monoisotopic (exact) mass is 428 g/mol. The van der Waals surface area contributed by atoms with Gasteiger partial charge in [-0.3, -0.25) is 9.59 Å². The molecule has 0 saturated heterocycles. The summed E-state index contributed by atoms with van der Waals surface area (Å²) in [7, 11) is 0. The summed E-state index contributed by atoms with van der Waals surface area (Å²) in [6.45, 7) is 6.69. The number of rotatable bonds is 4. The van der Waals surface area contributed by atoms with Crippen molar-refractivity contribution in [2.24, 2.45) is 17.1 Å². The van der Waals surface area contributed by atoms with Crippen molar-refractivity contribution >= 4 is 33.8 Å². The summed E-state index contributed by atoms with van der Waals surface area (Å²) in [5, 5.41) is 3.38. The molecule has 1 aliphatic carbocycles. The third-order valence-corrected chi connectivity index (χ3v) is 6.97.